The lowest BCUT2D eigenvalue weighted by molar-refractivity contribution is 0.0945. The van der Waals surface area contributed by atoms with Gasteiger partial charge >= 0.3 is 0 Å². The minimum Gasteiger partial charge on any atom is -0.382 e. The third-order valence-electron chi connectivity index (χ3n) is 3.44. The zero-order chi connectivity index (χ0) is 17.0. The number of carbonyl (C=O) groups is 1. The number of anilines is 2. The van der Waals surface area contributed by atoms with Gasteiger partial charge in [-0.2, -0.15) is 0 Å². The van der Waals surface area contributed by atoms with Crippen molar-refractivity contribution < 1.29 is 4.79 Å². The van der Waals surface area contributed by atoms with Crippen LogP contribution in [0.1, 0.15) is 21.6 Å². The van der Waals surface area contributed by atoms with Crippen LogP contribution in [0, 0.1) is 19.8 Å². The summed E-state index contributed by atoms with van der Waals surface area (Å²) in [6.45, 7) is 6.50. The fraction of sp³-hybridized carbons (Fsp3) is 0.250. The van der Waals surface area contributed by atoms with Crippen LogP contribution in [0.2, 0.25) is 5.15 Å². The normalized spacial score (nSPS) is 12.0. The van der Waals surface area contributed by atoms with Gasteiger partial charge in [-0.1, -0.05) is 35.9 Å². The van der Waals surface area contributed by atoms with Crippen LogP contribution < -0.4 is 16.8 Å². The number of nitrogens with one attached hydrogen (secondary N) is 1. The summed E-state index contributed by atoms with van der Waals surface area (Å²) in [5, 5.41) is 2.70. The van der Waals surface area contributed by atoms with Gasteiger partial charge in [-0.15, -0.1) is 0 Å². The van der Waals surface area contributed by atoms with Crippen molar-refractivity contribution in [2.45, 2.75) is 13.3 Å². The van der Waals surface area contributed by atoms with Crippen molar-refractivity contribution in [3.8, 4) is 0 Å². The van der Waals surface area contributed by atoms with Gasteiger partial charge in [0.15, 0.2) is 22.5 Å². The molecular formula is C16H19ClN5O. The van der Waals surface area contributed by atoms with Gasteiger partial charge in [0.2, 0.25) is 0 Å². The van der Waals surface area contributed by atoms with Gasteiger partial charge in [0, 0.05) is 6.54 Å². The number of benzene rings is 1. The van der Waals surface area contributed by atoms with Crippen molar-refractivity contribution in [2.24, 2.45) is 5.92 Å². The Labute approximate surface area is 140 Å². The number of hydrogen-bond donors (Lipinski definition) is 3. The van der Waals surface area contributed by atoms with Crippen LogP contribution in [0.4, 0.5) is 11.6 Å². The average molecular weight is 333 g/mol. The maximum absolute atomic E-state index is 12.1. The maximum Gasteiger partial charge on any atom is 0.273 e. The van der Waals surface area contributed by atoms with Crippen molar-refractivity contribution in [3.05, 3.63) is 53.2 Å². The summed E-state index contributed by atoms with van der Waals surface area (Å²) in [6, 6.07) is 8.08. The van der Waals surface area contributed by atoms with E-state index in [1.807, 2.05) is 25.1 Å². The average Bonchev–Trinajstić information content (AvgIpc) is 2.51. The van der Waals surface area contributed by atoms with Crippen LogP contribution in [0.3, 0.4) is 0 Å². The molecule has 1 aromatic carbocycles. The van der Waals surface area contributed by atoms with Crippen LogP contribution in [0.5, 0.6) is 0 Å². The second kappa shape index (κ2) is 7.28. The molecule has 23 heavy (non-hydrogen) atoms. The lowest BCUT2D eigenvalue weighted by Gasteiger charge is -2.14. The number of halogens is 1. The Morgan fingerprint density at radius 2 is 2.00 bits per heavy atom. The molecule has 1 aromatic heterocycles. The molecule has 7 heteroatoms. The van der Waals surface area contributed by atoms with Gasteiger partial charge in [0.1, 0.15) is 0 Å². The van der Waals surface area contributed by atoms with E-state index in [2.05, 4.69) is 28.3 Å². The molecule has 0 aliphatic carbocycles. The van der Waals surface area contributed by atoms with E-state index in [4.69, 9.17) is 23.1 Å². The summed E-state index contributed by atoms with van der Waals surface area (Å²) < 4.78 is 0. The highest BCUT2D eigenvalue weighted by molar-refractivity contribution is 6.31. The molecule has 2 rings (SSSR count). The number of aryl methyl sites for hydroxylation is 1. The molecule has 1 radical (unpaired) electrons. The Hall–Kier alpha value is -2.34. The number of nitrogen functional groups attached to an aromatic ring is 2. The van der Waals surface area contributed by atoms with Crippen molar-refractivity contribution >= 4 is 29.1 Å². The van der Waals surface area contributed by atoms with Crippen molar-refractivity contribution in [1.82, 2.24) is 15.3 Å². The summed E-state index contributed by atoms with van der Waals surface area (Å²) in [5.74, 6) is -0.493. The third-order valence-corrected chi connectivity index (χ3v) is 3.72. The second-order valence-electron chi connectivity index (χ2n) is 5.34. The van der Waals surface area contributed by atoms with Crippen LogP contribution in [-0.2, 0) is 6.42 Å². The Morgan fingerprint density at radius 1 is 1.30 bits per heavy atom. The molecule has 1 amide bonds. The minimum absolute atomic E-state index is 0.00435. The van der Waals surface area contributed by atoms with E-state index in [9.17, 15) is 4.79 Å². The summed E-state index contributed by atoms with van der Waals surface area (Å²) in [4.78, 5) is 19.8. The van der Waals surface area contributed by atoms with Gasteiger partial charge in [-0.25, -0.2) is 9.97 Å². The predicted octanol–water partition coefficient (Wildman–Crippen LogP) is 2.03. The highest BCUT2D eigenvalue weighted by Gasteiger charge is 2.16. The number of amides is 1. The predicted molar refractivity (Wildman–Crippen MR) is 91.9 cm³/mol. The molecular weight excluding hydrogens is 314 g/mol. The van der Waals surface area contributed by atoms with E-state index in [1.54, 1.807) is 0 Å². The number of aromatic nitrogens is 2. The lowest BCUT2D eigenvalue weighted by atomic mass is 9.97. The Morgan fingerprint density at radius 3 is 2.70 bits per heavy atom. The van der Waals surface area contributed by atoms with E-state index in [0.717, 1.165) is 6.42 Å². The monoisotopic (exact) mass is 332 g/mol. The number of carbonyl (C=O) groups excluding carboxylic acids is 1. The molecule has 0 spiro atoms. The molecule has 0 fully saturated rings. The highest BCUT2D eigenvalue weighted by Crippen LogP contribution is 2.17. The van der Waals surface area contributed by atoms with Gasteiger partial charge in [-0.05, 0) is 37.3 Å². The quantitative estimate of drug-likeness (QED) is 0.776. The zero-order valence-electron chi connectivity index (χ0n) is 12.8. The van der Waals surface area contributed by atoms with Gasteiger partial charge < -0.3 is 16.8 Å². The molecule has 6 nitrogen and oxygen atoms in total. The first-order valence-electron chi connectivity index (χ1n) is 7.12. The smallest absolute Gasteiger partial charge is 0.273 e. The lowest BCUT2D eigenvalue weighted by Crippen LogP contribution is -2.31. The van der Waals surface area contributed by atoms with Gasteiger partial charge in [-0.3, -0.25) is 4.79 Å². The fourth-order valence-electron chi connectivity index (χ4n) is 2.15. The van der Waals surface area contributed by atoms with Gasteiger partial charge in [0.25, 0.3) is 5.91 Å². The second-order valence-corrected chi connectivity index (χ2v) is 5.70. The van der Waals surface area contributed by atoms with Crippen LogP contribution >= 0.6 is 11.6 Å². The number of nitrogens with zero attached hydrogens (tertiary/aromatic N) is 2. The summed E-state index contributed by atoms with van der Waals surface area (Å²) >= 11 is 5.77. The molecule has 0 unspecified atom stereocenters. The van der Waals surface area contributed by atoms with Crippen LogP contribution in [-0.4, -0.2) is 22.4 Å². The zero-order valence-corrected chi connectivity index (χ0v) is 13.6. The van der Waals surface area contributed by atoms with Crippen molar-refractivity contribution in [2.75, 3.05) is 18.0 Å². The Bertz CT molecular complexity index is 720. The molecule has 2 aromatic rings. The van der Waals surface area contributed by atoms with E-state index in [-0.39, 0.29) is 28.4 Å². The molecule has 0 saturated carbocycles. The maximum atomic E-state index is 12.1. The first kappa shape index (κ1) is 17.0. The molecule has 0 aliphatic rings. The molecule has 121 valence electrons. The Balaban J connectivity index is 1.96. The van der Waals surface area contributed by atoms with E-state index < -0.39 is 5.91 Å². The number of hydrogen-bond acceptors (Lipinski definition) is 5. The van der Waals surface area contributed by atoms with Crippen LogP contribution in [0.15, 0.2) is 24.3 Å². The molecule has 0 bridgehead atoms. The number of rotatable bonds is 5. The van der Waals surface area contributed by atoms with Crippen molar-refractivity contribution in [1.29, 1.82) is 0 Å². The molecule has 1 heterocycles. The molecule has 0 aliphatic heterocycles. The van der Waals surface area contributed by atoms with Gasteiger partial charge in [0.05, 0.1) is 0 Å². The summed E-state index contributed by atoms with van der Waals surface area (Å²) in [5.41, 5.74) is 13.5. The van der Waals surface area contributed by atoms with E-state index >= 15 is 0 Å². The largest absolute Gasteiger partial charge is 0.382 e. The first-order chi connectivity index (χ1) is 10.9. The Kier molecular flexibility index (Phi) is 5.39. The summed E-state index contributed by atoms with van der Waals surface area (Å²) in [7, 11) is 0. The topological polar surface area (TPSA) is 107 Å². The molecule has 1 atom stereocenters. The standard InChI is InChI=1S/C16H19ClN5O/c1-9(7-11-6-4-3-5-10(11)2)8-20-16(23)12-14(18)22-15(19)13(17)21-12/h3-6,9H,1,7-8H2,2H3,(H,20,23)(H4,18,19,22)/t9-/m1/s1. The summed E-state index contributed by atoms with van der Waals surface area (Å²) in [6.07, 6.45) is 0.761. The molecule has 0 saturated heterocycles. The third kappa shape index (κ3) is 4.32. The van der Waals surface area contributed by atoms with E-state index in [0.29, 0.717) is 6.54 Å². The number of nitrogens with two attached hydrogens (primary N) is 2. The van der Waals surface area contributed by atoms with Crippen molar-refractivity contribution in [3.63, 3.8) is 0 Å². The minimum atomic E-state index is -0.449. The molecule has 5 N–H and O–H groups in total. The first-order valence-corrected chi connectivity index (χ1v) is 7.50. The van der Waals surface area contributed by atoms with Crippen LogP contribution in [0.25, 0.3) is 0 Å². The fourth-order valence-corrected chi connectivity index (χ4v) is 2.28. The SMILES string of the molecule is [CH2][C@@H](CNC(=O)c1nc(Cl)c(N)nc1N)Cc1ccccc1C. The highest BCUT2D eigenvalue weighted by atomic mass is 35.5. The van der Waals surface area contributed by atoms with E-state index in [1.165, 1.54) is 11.1 Å².